The van der Waals surface area contributed by atoms with E-state index < -0.39 is 0 Å². The zero-order chi connectivity index (χ0) is 20.6. The number of ether oxygens (including phenoxy) is 3. The van der Waals surface area contributed by atoms with Crippen molar-refractivity contribution in [1.29, 1.82) is 0 Å². The van der Waals surface area contributed by atoms with Gasteiger partial charge in [-0.3, -0.25) is 4.99 Å². The first kappa shape index (κ1) is 24.2. The maximum atomic E-state index is 5.90. The lowest BCUT2D eigenvalue weighted by atomic mass is 10.1. The minimum absolute atomic E-state index is 0.549. The molecule has 7 nitrogen and oxygen atoms in total. The summed E-state index contributed by atoms with van der Waals surface area (Å²) in [5.74, 6) is 1.68. The van der Waals surface area contributed by atoms with Gasteiger partial charge in [0.05, 0.1) is 13.2 Å². The summed E-state index contributed by atoms with van der Waals surface area (Å²) in [6, 6.07) is 6.25. The number of hydrogen-bond donors (Lipinski definition) is 2. The number of hydrogen-bond acceptors (Lipinski definition) is 5. The van der Waals surface area contributed by atoms with Gasteiger partial charge in [0, 0.05) is 46.0 Å². The molecule has 2 N–H and O–H groups in total. The molecule has 1 rings (SSSR count). The first-order valence-electron chi connectivity index (χ1n) is 10.0. The average Bonchev–Trinajstić information content (AvgIpc) is 2.70. The minimum atomic E-state index is 0.549. The van der Waals surface area contributed by atoms with Gasteiger partial charge in [0.15, 0.2) is 5.96 Å². The Kier molecular flexibility index (Phi) is 13.1. The third kappa shape index (κ3) is 10.5. The van der Waals surface area contributed by atoms with Crippen molar-refractivity contribution >= 4 is 5.96 Å². The molecule has 28 heavy (non-hydrogen) atoms. The summed E-state index contributed by atoms with van der Waals surface area (Å²) >= 11 is 0. The van der Waals surface area contributed by atoms with Crippen molar-refractivity contribution in [2.24, 2.45) is 4.99 Å². The van der Waals surface area contributed by atoms with Crippen molar-refractivity contribution in [3.05, 3.63) is 29.3 Å². The van der Waals surface area contributed by atoms with Crippen LogP contribution in [0.1, 0.15) is 24.5 Å². The third-order valence-electron chi connectivity index (χ3n) is 4.27. The molecule has 0 radical (unpaired) electrons. The second-order valence-electron chi connectivity index (χ2n) is 6.66. The molecule has 1 aromatic rings. The molecule has 0 heterocycles. The molecule has 0 bridgehead atoms. The Morgan fingerprint density at radius 3 is 2.68 bits per heavy atom. The number of aryl methyl sites for hydroxylation is 1. The highest BCUT2D eigenvalue weighted by atomic mass is 16.5. The molecule has 0 spiro atoms. The van der Waals surface area contributed by atoms with E-state index in [2.05, 4.69) is 52.7 Å². The summed E-state index contributed by atoms with van der Waals surface area (Å²) in [7, 11) is 5.62. The summed E-state index contributed by atoms with van der Waals surface area (Å²) in [6.07, 6.45) is 1.04. The Morgan fingerprint density at radius 2 is 1.96 bits per heavy atom. The molecule has 0 aliphatic rings. The van der Waals surface area contributed by atoms with E-state index in [-0.39, 0.29) is 0 Å². The molecular weight excluding hydrogens is 356 g/mol. The van der Waals surface area contributed by atoms with E-state index in [1.165, 1.54) is 5.56 Å². The lowest BCUT2D eigenvalue weighted by molar-refractivity contribution is 0.110. The molecule has 0 amide bonds. The number of nitrogens with one attached hydrogen (secondary N) is 2. The molecular formula is C21H38N4O3. The van der Waals surface area contributed by atoms with E-state index in [1.807, 2.05) is 6.92 Å². The number of guanidine groups is 1. The lowest BCUT2D eigenvalue weighted by Gasteiger charge is -2.17. The lowest BCUT2D eigenvalue weighted by Crippen LogP contribution is -2.38. The maximum Gasteiger partial charge on any atom is 0.191 e. The Labute approximate surface area is 170 Å². The summed E-state index contributed by atoms with van der Waals surface area (Å²) in [5.41, 5.74) is 2.28. The van der Waals surface area contributed by atoms with Crippen molar-refractivity contribution < 1.29 is 14.2 Å². The summed E-state index contributed by atoms with van der Waals surface area (Å²) < 4.78 is 16.4. The molecule has 0 fully saturated rings. The number of benzene rings is 1. The smallest absolute Gasteiger partial charge is 0.191 e. The SMILES string of the molecule is CCOCCOc1cc(C)ccc1CNC(=NC)NCCCN(C)CCOC. The highest BCUT2D eigenvalue weighted by molar-refractivity contribution is 5.79. The van der Waals surface area contributed by atoms with Gasteiger partial charge >= 0.3 is 0 Å². The summed E-state index contributed by atoms with van der Waals surface area (Å²) in [4.78, 5) is 6.57. The average molecular weight is 395 g/mol. The second kappa shape index (κ2) is 15.1. The fraction of sp³-hybridized carbons (Fsp3) is 0.667. The van der Waals surface area contributed by atoms with Crippen molar-refractivity contribution in [2.75, 3.05) is 67.3 Å². The van der Waals surface area contributed by atoms with Crippen LogP contribution in [-0.4, -0.2) is 78.1 Å². The van der Waals surface area contributed by atoms with E-state index in [0.717, 1.165) is 49.9 Å². The maximum absolute atomic E-state index is 5.90. The fourth-order valence-electron chi connectivity index (χ4n) is 2.61. The molecule has 0 aliphatic heterocycles. The fourth-order valence-corrected chi connectivity index (χ4v) is 2.61. The van der Waals surface area contributed by atoms with Crippen molar-refractivity contribution in [3.63, 3.8) is 0 Å². The second-order valence-corrected chi connectivity index (χ2v) is 6.66. The van der Waals surface area contributed by atoms with Crippen LogP contribution < -0.4 is 15.4 Å². The standard InChI is InChI=1S/C21H38N4O3/c1-6-27-14-15-28-20-16-18(2)8-9-19(20)17-24-21(22-3)23-10-7-11-25(4)12-13-26-5/h8-9,16H,6-7,10-15,17H2,1-5H3,(H2,22,23,24). The molecule has 0 saturated carbocycles. The molecule has 160 valence electrons. The summed E-state index contributed by atoms with van der Waals surface area (Å²) in [5, 5.41) is 6.73. The number of methoxy groups -OCH3 is 1. The Bertz CT molecular complexity index is 567. The quantitative estimate of drug-likeness (QED) is 0.286. The van der Waals surface area contributed by atoms with Crippen LogP contribution in [0.15, 0.2) is 23.2 Å². The molecule has 0 saturated heterocycles. The minimum Gasteiger partial charge on any atom is -0.491 e. The van der Waals surface area contributed by atoms with Crippen LogP contribution in [0.4, 0.5) is 0 Å². The van der Waals surface area contributed by atoms with Gasteiger partial charge < -0.3 is 29.7 Å². The van der Waals surface area contributed by atoms with Crippen molar-refractivity contribution in [2.45, 2.75) is 26.8 Å². The van der Waals surface area contributed by atoms with Gasteiger partial charge in [0.25, 0.3) is 0 Å². The van der Waals surface area contributed by atoms with E-state index in [9.17, 15) is 0 Å². The van der Waals surface area contributed by atoms with Gasteiger partial charge in [-0.15, -0.1) is 0 Å². The van der Waals surface area contributed by atoms with Crippen molar-refractivity contribution in [1.82, 2.24) is 15.5 Å². The van der Waals surface area contributed by atoms with Gasteiger partial charge in [-0.25, -0.2) is 0 Å². The van der Waals surface area contributed by atoms with Crippen LogP contribution >= 0.6 is 0 Å². The van der Waals surface area contributed by atoms with Gasteiger partial charge in [0.2, 0.25) is 0 Å². The molecule has 1 aromatic carbocycles. The Balaban J connectivity index is 2.41. The summed E-state index contributed by atoms with van der Waals surface area (Å²) in [6.45, 7) is 10.1. The first-order valence-corrected chi connectivity index (χ1v) is 10.0. The van der Waals surface area contributed by atoms with Crippen LogP contribution in [0.3, 0.4) is 0 Å². The predicted molar refractivity (Wildman–Crippen MR) is 115 cm³/mol. The normalized spacial score (nSPS) is 11.7. The third-order valence-corrected chi connectivity index (χ3v) is 4.27. The van der Waals surface area contributed by atoms with Crippen LogP contribution in [0.5, 0.6) is 5.75 Å². The largest absolute Gasteiger partial charge is 0.491 e. The van der Waals surface area contributed by atoms with Gasteiger partial charge in [-0.1, -0.05) is 12.1 Å². The number of aliphatic imine (C=N–C) groups is 1. The van der Waals surface area contributed by atoms with E-state index in [1.54, 1.807) is 14.2 Å². The number of nitrogens with zero attached hydrogens (tertiary/aromatic N) is 2. The van der Waals surface area contributed by atoms with E-state index in [0.29, 0.717) is 26.4 Å². The predicted octanol–water partition coefficient (Wildman–Crippen LogP) is 2.04. The highest BCUT2D eigenvalue weighted by Gasteiger charge is 2.06. The molecule has 0 aliphatic carbocycles. The van der Waals surface area contributed by atoms with Gasteiger partial charge in [-0.05, 0) is 45.5 Å². The molecule has 0 atom stereocenters. The zero-order valence-corrected chi connectivity index (χ0v) is 18.2. The highest BCUT2D eigenvalue weighted by Crippen LogP contribution is 2.20. The number of rotatable bonds is 14. The Hall–Kier alpha value is -1.83. The van der Waals surface area contributed by atoms with E-state index >= 15 is 0 Å². The Morgan fingerprint density at radius 1 is 1.14 bits per heavy atom. The zero-order valence-electron chi connectivity index (χ0n) is 18.2. The monoisotopic (exact) mass is 394 g/mol. The van der Waals surface area contributed by atoms with Gasteiger partial charge in [0.1, 0.15) is 12.4 Å². The first-order chi connectivity index (χ1) is 13.6. The van der Waals surface area contributed by atoms with Crippen LogP contribution in [0.2, 0.25) is 0 Å². The van der Waals surface area contributed by atoms with Crippen LogP contribution in [0, 0.1) is 6.92 Å². The van der Waals surface area contributed by atoms with Crippen LogP contribution in [-0.2, 0) is 16.0 Å². The molecule has 0 aromatic heterocycles. The van der Waals surface area contributed by atoms with Gasteiger partial charge in [-0.2, -0.15) is 0 Å². The topological polar surface area (TPSA) is 67.4 Å². The molecule has 7 heteroatoms. The molecule has 0 unspecified atom stereocenters. The number of likely N-dealkylation sites (N-methyl/N-ethyl adjacent to an activating group) is 1. The van der Waals surface area contributed by atoms with Crippen molar-refractivity contribution in [3.8, 4) is 5.75 Å². The van der Waals surface area contributed by atoms with E-state index in [4.69, 9.17) is 14.2 Å². The van der Waals surface area contributed by atoms with Crippen LogP contribution in [0.25, 0.3) is 0 Å².